The first kappa shape index (κ1) is 16.8. The summed E-state index contributed by atoms with van der Waals surface area (Å²) in [7, 11) is -3.14. The van der Waals surface area contributed by atoms with E-state index in [1.54, 1.807) is 19.1 Å². The first-order valence-electron chi connectivity index (χ1n) is 7.33. The van der Waals surface area contributed by atoms with Crippen molar-refractivity contribution < 1.29 is 17.9 Å². The second-order valence-electron chi connectivity index (χ2n) is 5.52. The Bertz CT molecular complexity index is 595. The third-order valence-electron chi connectivity index (χ3n) is 3.69. The summed E-state index contributed by atoms with van der Waals surface area (Å²) in [6, 6.07) is 9.17. The highest BCUT2D eigenvalue weighted by atomic mass is 32.2. The number of carbonyl (C=O) groups excluding carboxylic acids is 1. The van der Waals surface area contributed by atoms with Crippen LogP contribution < -0.4 is 10.1 Å². The van der Waals surface area contributed by atoms with Gasteiger partial charge in [0.2, 0.25) is 10.0 Å². The van der Waals surface area contributed by atoms with Crippen LogP contribution in [0, 0.1) is 0 Å². The Labute approximate surface area is 131 Å². The number of sulfonamides is 1. The molecule has 6 nitrogen and oxygen atoms in total. The molecule has 0 radical (unpaired) electrons. The predicted molar refractivity (Wildman–Crippen MR) is 84.1 cm³/mol. The van der Waals surface area contributed by atoms with Crippen LogP contribution in [0.1, 0.15) is 19.8 Å². The van der Waals surface area contributed by atoms with Gasteiger partial charge in [-0.05, 0) is 31.9 Å². The number of nitrogens with zero attached hydrogens (tertiary/aromatic N) is 1. The predicted octanol–water partition coefficient (Wildman–Crippen LogP) is 0.994. The average Bonchev–Trinajstić information content (AvgIpc) is 2.48. The van der Waals surface area contributed by atoms with Crippen molar-refractivity contribution in [3.05, 3.63) is 30.3 Å². The van der Waals surface area contributed by atoms with Crippen LogP contribution in [0.4, 0.5) is 0 Å². The number of hydrogen-bond donors (Lipinski definition) is 1. The summed E-state index contributed by atoms with van der Waals surface area (Å²) in [5, 5.41) is 2.93. The van der Waals surface area contributed by atoms with Crippen molar-refractivity contribution >= 4 is 15.9 Å². The molecule has 1 heterocycles. The van der Waals surface area contributed by atoms with E-state index in [1.165, 1.54) is 10.6 Å². The van der Waals surface area contributed by atoms with E-state index in [0.717, 1.165) is 0 Å². The van der Waals surface area contributed by atoms with Crippen LogP contribution in [0.25, 0.3) is 0 Å². The molecule has 1 aliphatic heterocycles. The minimum Gasteiger partial charge on any atom is -0.481 e. The Balaban J connectivity index is 1.80. The van der Waals surface area contributed by atoms with Crippen molar-refractivity contribution in [2.45, 2.75) is 31.9 Å². The number of amides is 1. The molecule has 1 saturated heterocycles. The topological polar surface area (TPSA) is 75.7 Å². The second-order valence-corrected chi connectivity index (χ2v) is 7.50. The lowest BCUT2D eigenvalue weighted by Crippen LogP contribution is -2.49. The van der Waals surface area contributed by atoms with Crippen molar-refractivity contribution in [1.29, 1.82) is 0 Å². The molecule has 0 saturated carbocycles. The standard InChI is InChI=1S/C15H22N2O4S/c1-12(21-14-6-4-3-5-7-14)15(18)16-13-8-10-17(11-9-13)22(2,19)20/h3-7,12-13H,8-11H2,1-2H3,(H,16,18). The number of benzene rings is 1. The van der Waals surface area contributed by atoms with Crippen LogP contribution in [0.2, 0.25) is 0 Å². The van der Waals surface area contributed by atoms with Crippen molar-refractivity contribution in [2.24, 2.45) is 0 Å². The molecule has 0 aromatic heterocycles. The fourth-order valence-electron chi connectivity index (χ4n) is 2.41. The lowest BCUT2D eigenvalue weighted by Gasteiger charge is -2.31. The molecule has 1 aromatic rings. The zero-order valence-electron chi connectivity index (χ0n) is 12.9. The number of hydrogen-bond acceptors (Lipinski definition) is 4. The van der Waals surface area contributed by atoms with Crippen LogP contribution in [-0.4, -0.2) is 50.1 Å². The molecular formula is C15H22N2O4S. The normalized spacial score (nSPS) is 18.6. The van der Waals surface area contributed by atoms with Crippen LogP contribution in [-0.2, 0) is 14.8 Å². The highest BCUT2D eigenvalue weighted by Gasteiger charge is 2.27. The van der Waals surface area contributed by atoms with Gasteiger partial charge in [0.25, 0.3) is 5.91 Å². The minimum atomic E-state index is -3.14. The SMILES string of the molecule is CC(Oc1ccccc1)C(=O)NC1CCN(S(C)(=O)=O)CC1. The summed E-state index contributed by atoms with van der Waals surface area (Å²) in [5.74, 6) is 0.471. The van der Waals surface area contributed by atoms with E-state index in [0.29, 0.717) is 31.7 Å². The Hall–Kier alpha value is -1.60. The van der Waals surface area contributed by atoms with Crippen LogP contribution in [0.5, 0.6) is 5.75 Å². The monoisotopic (exact) mass is 326 g/mol. The molecule has 2 rings (SSSR count). The fourth-order valence-corrected chi connectivity index (χ4v) is 3.28. The van der Waals surface area contributed by atoms with Gasteiger partial charge in [0.15, 0.2) is 6.10 Å². The van der Waals surface area contributed by atoms with E-state index in [-0.39, 0.29) is 11.9 Å². The largest absolute Gasteiger partial charge is 0.481 e. The number of carbonyl (C=O) groups is 1. The van der Waals surface area contributed by atoms with Crippen molar-refractivity contribution in [1.82, 2.24) is 9.62 Å². The average molecular weight is 326 g/mol. The zero-order valence-corrected chi connectivity index (χ0v) is 13.7. The first-order chi connectivity index (χ1) is 10.4. The molecule has 1 fully saturated rings. The number of ether oxygens (including phenoxy) is 1. The highest BCUT2D eigenvalue weighted by Crippen LogP contribution is 2.14. The van der Waals surface area contributed by atoms with Gasteiger partial charge in [-0.3, -0.25) is 4.79 Å². The lowest BCUT2D eigenvalue weighted by atomic mass is 10.1. The van der Waals surface area contributed by atoms with Crippen molar-refractivity contribution in [2.75, 3.05) is 19.3 Å². The minimum absolute atomic E-state index is 0.00711. The van der Waals surface area contributed by atoms with Gasteiger partial charge < -0.3 is 10.1 Å². The number of nitrogens with one attached hydrogen (secondary N) is 1. The van der Waals surface area contributed by atoms with Gasteiger partial charge in [-0.25, -0.2) is 12.7 Å². The molecule has 1 N–H and O–H groups in total. The van der Waals surface area contributed by atoms with Gasteiger partial charge in [-0.2, -0.15) is 0 Å². The fraction of sp³-hybridized carbons (Fsp3) is 0.533. The molecule has 0 aliphatic carbocycles. The third kappa shape index (κ3) is 4.71. The third-order valence-corrected chi connectivity index (χ3v) is 5.00. The van der Waals surface area contributed by atoms with E-state index in [1.807, 2.05) is 18.2 Å². The summed E-state index contributed by atoms with van der Waals surface area (Å²) in [6.45, 7) is 2.59. The molecule has 1 atom stereocenters. The first-order valence-corrected chi connectivity index (χ1v) is 9.18. The maximum atomic E-state index is 12.1. The van der Waals surface area contributed by atoms with E-state index < -0.39 is 16.1 Å². The highest BCUT2D eigenvalue weighted by molar-refractivity contribution is 7.88. The van der Waals surface area contributed by atoms with Gasteiger partial charge in [0.05, 0.1) is 6.26 Å². The number of para-hydroxylation sites is 1. The van der Waals surface area contributed by atoms with Crippen LogP contribution in [0.3, 0.4) is 0 Å². The molecule has 1 unspecified atom stereocenters. The lowest BCUT2D eigenvalue weighted by molar-refractivity contribution is -0.128. The molecule has 7 heteroatoms. The van der Waals surface area contributed by atoms with Crippen LogP contribution in [0.15, 0.2) is 30.3 Å². The van der Waals surface area contributed by atoms with E-state index in [9.17, 15) is 13.2 Å². The number of rotatable bonds is 5. The van der Waals surface area contributed by atoms with Gasteiger partial charge in [-0.1, -0.05) is 18.2 Å². The van der Waals surface area contributed by atoms with Crippen LogP contribution >= 0.6 is 0 Å². The number of piperidine rings is 1. The van der Waals surface area contributed by atoms with E-state index in [2.05, 4.69) is 5.32 Å². The maximum absolute atomic E-state index is 12.1. The summed E-state index contributed by atoms with van der Waals surface area (Å²) < 4.78 is 29.9. The molecule has 122 valence electrons. The maximum Gasteiger partial charge on any atom is 0.260 e. The van der Waals surface area contributed by atoms with Gasteiger partial charge >= 0.3 is 0 Å². The van der Waals surface area contributed by atoms with E-state index in [4.69, 9.17) is 4.74 Å². The zero-order chi connectivity index (χ0) is 16.2. The Morgan fingerprint density at radius 2 is 1.86 bits per heavy atom. The Morgan fingerprint density at radius 3 is 2.41 bits per heavy atom. The Kier molecular flexibility index (Phi) is 5.42. The van der Waals surface area contributed by atoms with Crippen molar-refractivity contribution in [3.63, 3.8) is 0 Å². The molecule has 0 spiro atoms. The Morgan fingerprint density at radius 1 is 1.27 bits per heavy atom. The summed E-state index contributed by atoms with van der Waals surface area (Å²) in [6.07, 6.45) is 1.87. The summed E-state index contributed by atoms with van der Waals surface area (Å²) in [4.78, 5) is 12.1. The summed E-state index contributed by atoms with van der Waals surface area (Å²) >= 11 is 0. The molecule has 1 amide bonds. The molecule has 1 aliphatic rings. The molecule has 22 heavy (non-hydrogen) atoms. The molecule has 0 bridgehead atoms. The van der Waals surface area contributed by atoms with Gasteiger partial charge in [-0.15, -0.1) is 0 Å². The van der Waals surface area contributed by atoms with Crippen molar-refractivity contribution in [3.8, 4) is 5.75 Å². The van der Waals surface area contributed by atoms with Gasteiger partial charge in [0.1, 0.15) is 5.75 Å². The molecule has 1 aromatic carbocycles. The molecular weight excluding hydrogens is 304 g/mol. The second kappa shape index (κ2) is 7.11. The summed E-state index contributed by atoms with van der Waals surface area (Å²) in [5.41, 5.74) is 0. The smallest absolute Gasteiger partial charge is 0.260 e. The van der Waals surface area contributed by atoms with Gasteiger partial charge in [0, 0.05) is 19.1 Å². The van der Waals surface area contributed by atoms with E-state index >= 15 is 0 Å². The quantitative estimate of drug-likeness (QED) is 0.876.